The fourth-order valence-corrected chi connectivity index (χ4v) is 2.71. The summed E-state index contributed by atoms with van der Waals surface area (Å²) >= 11 is 0. The second kappa shape index (κ2) is 6.72. The lowest BCUT2D eigenvalue weighted by molar-refractivity contribution is -0.0210. The van der Waals surface area contributed by atoms with Gasteiger partial charge in [-0.25, -0.2) is 0 Å². The summed E-state index contributed by atoms with van der Waals surface area (Å²) in [5.74, 6) is 0.732. The molecule has 3 heteroatoms. The molecule has 0 spiro atoms. The molecule has 0 bridgehead atoms. The van der Waals surface area contributed by atoms with Crippen LogP contribution in [0.2, 0.25) is 0 Å². The molecule has 0 aromatic heterocycles. The van der Waals surface area contributed by atoms with Crippen molar-refractivity contribution in [3.8, 4) is 0 Å². The Bertz CT molecular complexity index is 212. The lowest BCUT2D eigenvalue weighted by Gasteiger charge is -2.45. The highest BCUT2D eigenvalue weighted by Gasteiger charge is 2.34. The Morgan fingerprint density at radius 3 is 2.41 bits per heavy atom. The molecule has 1 aliphatic heterocycles. The van der Waals surface area contributed by atoms with E-state index in [2.05, 4.69) is 32.6 Å². The van der Waals surface area contributed by atoms with Crippen molar-refractivity contribution in [1.29, 1.82) is 0 Å². The fraction of sp³-hybridized carbons (Fsp3) is 1.00. The lowest BCUT2D eigenvalue weighted by atomic mass is 9.85. The van der Waals surface area contributed by atoms with Crippen LogP contribution in [0.4, 0.5) is 0 Å². The van der Waals surface area contributed by atoms with Crippen molar-refractivity contribution in [3.63, 3.8) is 0 Å². The van der Waals surface area contributed by atoms with E-state index in [0.717, 1.165) is 38.6 Å². The van der Waals surface area contributed by atoms with Crippen molar-refractivity contribution in [2.24, 2.45) is 11.7 Å². The maximum absolute atomic E-state index is 6.43. The average molecular weight is 242 g/mol. The van der Waals surface area contributed by atoms with Gasteiger partial charge in [-0.3, -0.25) is 4.90 Å². The average Bonchev–Trinajstić information content (AvgIpc) is 2.30. The first-order valence-corrected chi connectivity index (χ1v) is 7.06. The molecule has 0 saturated carbocycles. The molecule has 0 aromatic rings. The highest BCUT2D eigenvalue weighted by atomic mass is 16.5. The van der Waals surface area contributed by atoms with Crippen molar-refractivity contribution < 1.29 is 4.74 Å². The van der Waals surface area contributed by atoms with E-state index >= 15 is 0 Å². The van der Waals surface area contributed by atoms with Crippen LogP contribution in [0, 0.1) is 5.92 Å². The van der Waals surface area contributed by atoms with Gasteiger partial charge in [0.2, 0.25) is 0 Å². The maximum Gasteiger partial charge on any atom is 0.0594 e. The molecule has 2 atom stereocenters. The third kappa shape index (κ3) is 4.23. The Morgan fingerprint density at radius 2 is 1.88 bits per heavy atom. The van der Waals surface area contributed by atoms with E-state index in [4.69, 9.17) is 10.5 Å². The van der Waals surface area contributed by atoms with Crippen molar-refractivity contribution in [3.05, 3.63) is 0 Å². The monoisotopic (exact) mass is 242 g/mol. The summed E-state index contributed by atoms with van der Waals surface area (Å²) in [5, 5.41) is 0. The number of rotatable bonds is 6. The van der Waals surface area contributed by atoms with Gasteiger partial charge in [0.05, 0.1) is 13.2 Å². The minimum atomic E-state index is 0.0891. The topological polar surface area (TPSA) is 38.5 Å². The van der Waals surface area contributed by atoms with Gasteiger partial charge in [0.15, 0.2) is 0 Å². The summed E-state index contributed by atoms with van der Waals surface area (Å²) in [6.07, 6.45) is 3.66. The van der Waals surface area contributed by atoms with Crippen LogP contribution in [0.15, 0.2) is 0 Å². The minimum absolute atomic E-state index is 0.0891. The molecule has 2 N–H and O–H groups in total. The molecule has 0 radical (unpaired) electrons. The third-order valence-electron chi connectivity index (χ3n) is 4.17. The van der Waals surface area contributed by atoms with Crippen molar-refractivity contribution in [2.45, 2.75) is 58.5 Å². The molecule has 1 saturated heterocycles. The molecule has 2 unspecified atom stereocenters. The molecule has 1 fully saturated rings. The molecule has 1 rings (SSSR count). The lowest BCUT2D eigenvalue weighted by Crippen LogP contribution is -2.59. The van der Waals surface area contributed by atoms with Crippen LogP contribution in [-0.2, 0) is 4.74 Å². The van der Waals surface area contributed by atoms with Crippen LogP contribution < -0.4 is 5.73 Å². The number of ether oxygens (including phenoxy) is 1. The Kier molecular flexibility index (Phi) is 5.90. The Balaban J connectivity index is 2.49. The van der Waals surface area contributed by atoms with Gasteiger partial charge in [-0.1, -0.05) is 26.7 Å². The number of hydrogen-bond acceptors (Lipinski definition) is 3. The second-order valence-corrected chi connectivity index (χ2v) is 5.99. The van der Waals surface area contributed by atoms with Crippen molar-refractivity contribution in [1.82, 2.24) is 4.90 Å². The minimum Gasteiger partial charge on any atom is -0.379 e. The molecular weight excluding hydrogens is 212 g/mol. The summed E-state index contributed by atoms with van der Waals surface area (Å²) < 4.78 is 5.41. The summed E-state index contributed by atoms with van der Waals surface area (Å²) in [4.78, 5) is 2.49. The van der Waals surface area contributed by atoms with E-state index in [0.29, 0.717) is 0 Å². The first-order valence-electron chi connectivity index (χ1n) is 7.06. The summed E-state index contributed by atoms with van der Waals surface area (Å²) in [6.45, 7) is 12.9. The standard InChI is InChI=1S/C14H30N2O/c1-5-6-12(2)11-13(15)14(3,4)16-7-9-17-10-8-16/h12-13H,5-11,15H2,1-4H3. The zero-order valence-electron chi connectivity index (χ0n) is 12.0. The Hall–Kier alpha value is -0.120. The zero-order chi connectivity index (χ0) is 12.9. The molecule has 102 valence electrons. The second-order valence-electron chi connectivity index (χ2n) is 5.99. The SMILES string of the molecule is CCCC(C)CC(N)C(C)(C)N1CCOCC1. The fourth-order valence-electron chi connectivity index (χ4n) is 2.71. The van der Waals surface area contributed by atoms with Gasteiger partial charge in [-0.05, 0) is 26.2 Å². The Labute approximate surface area is 107 Å². The predicted molar refractivity (Wildman–Crippen MR) is 73.1 cm³/mol. The van der Waals surface area contributed by atoms with Crippen LogP contribution in [0.25, 0.3) is 0 Å². The number of nitrogens with two attached hydrogens (primary N) is 1. The van der Waals surface area contributed by atoms with Gasteiger partial charge in [0, 0.05) is 24.7 Å². The molecular formula is C14H30N2O. The molecule has 17 heavy (non-hydrogen) atoms. The first-order chi connectivity index (χ1) is 7.98. The van der Waals surface area contributed by atoms with Crippen LogP contribution >= 0.6 is 0 Å². The van der Waals surface area contributed by atoms with Gasteiger partial charge < -0.3 is 10.5 Å². The van der Waals surface area contributed by atoms with Crippen LogP contribution in [0.1, 0.15) is 47.0 Å². The van der Waals surface area contributed by atoms with Crippen molar-refractivity contribution in [2.75, 3.05) is 26.3 Å². The summed E-state index contributed by atoms with van der Waals surface area (Å²) in [6, 6.07) is 0.252. The molecule has 1 heterocycles. The number of nitrogens with zero attached hydrogens (tertiary/aromatic N) is 1. The molecule has 0 amide bonds. The van der Waals surface area contributed by atoms with Gasteiger partial charge in [-0.2, -0.15) is 0 Å². The zero-order valence-corrected chi connectivity index (χ0v) is 12.0. The van der Waals surface area contributed by atoms with E-state index in [1.165, 1.54) is 12.8 Å². The van der Waals surface area contributed by atoms with Crippen LogP contribution in [0.3, 0.4) is 0 Å². The maximum atomic E-state index is 6.43. The molecule has 0 aromatic carbocycles. The van der Waals surface area contributed by atoms with Gasteiger partial charge in [0.25, 0.3) is 0 Å². The summed E-state index contributed by atoms with van der Waals surface area (Å²) in [7, 11) is 0. The van der Waals surface area contributed by atoms with E-state index in [1.807, 2.05) is 0 Å². The number of hydrogen-bond donors (Lipinski definition) is 1. The van der Waals surface area contributed by atoms with E-state index in [-0.39, 0.29) is 11.6 Å². The van der Waals surface area contributed by atoms with E-state index in [9.17, 15) is 0 Å². The molecule has 1 aliphatic rings. The van der Waals surface area contributed by atoms with E-state index in [1.54, 1.807) is 0 Å². The quantitative estimate of drug-likeness (QED) is 0.776. The molecule has 0 aliphatic carbocycles. The smallest absolute Gasteiger partial charge is 0.0594 e. The van der Waals surface area contributed by atoms with Gasteiger partial charge >= 0.3 is 0 Å². The Morgan fingerprint density at radius 1 is 1.29 bits per heavy atom. The van der Waals surface area contributed by atoms with Gasteiger partial charge in [0.1, 0.15) is 0 Å². The first kappa shape index (κ1) is 14.9. The van der Waals surface area contributed by atoms with E-state index < -0.39 is 0 Å². The van der Waals surface area contributed by atoms with Crippen LogP contribution in [0.5, 0.6) is 0 Å². The van der Waals surface area contributed by atoms with Gasteiger partial charge in [-0.15, -0.1) is 0 Å². The highest BCUT2D eigenvalue weighted by Crippen LogP contribution is 2.24. The summed E-state index contributed by atoms with van der Waals surface area (Å²) in [5.41, 5.74) is 6.52. The predicted octanol–water partition coefficient (Wildman–Crippen LogP) is 2.25. The normalized spacial score (nSPS) is 22.4. The largest absolute Gasteiger partial charge is 0.379 e. The van der Waals surface area contributed by atoms with Crippen LogP contribution in [-0.4, -0.2) is 42.8 Å². The highest BCUT2D eigenvalue weighted by molar-refractivity contribution is 4.93. The molecule has 3 nitrogen and oxygen atoms in total. The number of morpholine rings is 1. The third-order valence-corrected chi connectivity index (χ3v) is 4.17. The van der Waals surface area contributed by atoms with Crippen molar-refractivity contribution >= 4 is 0 Å².